The van der Waals surface area contributed by atoms with Gasteiger partial charge in [-0.15, -0.1) is 0 Å². The molecule has 0 bridgehead atoms. The Morgan fingerprint density at radius 2 is 0.438 bits per heavy atom. The lowest BCUT2D eigenvalue weighted by Crippen LogP contribution is -2.21. The van der Waals surface area contributed by atoms with E-state index in [1.807, 2.05) is 52.0 Å². The smallest absolute Gasteiger partial charge is 0.407 e. The van der Waals surface area contributed by atoms with E-state index < -0.39 is 249 Å². The molecule has 128 heavy (non-hydrogen) atoms. The first-order chi connectivity index (χ1) is 79.1. The first-order valence-corrected chi connectivity index (χ1v) is 38.4. The molecule has 8 saturated heterocycles. The second kappa shape index (κ2) is 49.3. The van der Waals surface area contributed by atoms with Gasteiger partial charge in [-0.1, -0.05) is 48.4 Å². The van der Waals surface area contributed by atoms with Crippen LogP contribution in [0.4, 0.5) is 38.4 Å². The topological polar surface area (TPSA) is 380 Å². The minimum atomic E-state index is -3.08. The fourth-order valence-corrected chi connectivity index (χ4v) is 11.0. The minimum absolute atomic E-state index is 0.00360. The Morgan fingerprint density at radius 1 is 0.242 bits per heavy atom. The molecule has 8 fully saturated rings. The third-order valence-electron chi connectivity index (χ3n) is 16.1. The van der Waals surface area contributed by atoms with E-state index in [0.29, 0.717) is 40.3 Å². The first kappa shape index (κ1) is 52.4. The Hall–Kier alpha value is -13.7. The summed E-state index contributed by atoms with van der Waals surface area (Å²) in [5.41, 5.74) is 1.38. The van der Waals surface area contributed by atoms with Crippen LogP contribution in [-0.4, -0.2) is 203 Å². The van der Waals surface area contributed by atoms with Gasteiger partial charge in [-0.05, 0) is 296 Å². The zero-order chi connectivity index (χ0) is 131. The number of carbonyl (C=O) groups excluding carboxylic acids is 8. The SMILES string of the molecule is [2H]C([2H])(Oc1cc(C)cc(C)c1)C1CNC(=O)O1.[2H]C([2H])([2H])c1cc(OC([2H])([2H])C2CNC(=O)O2)cc(C([2H])([2H])[2H])c1.[2H]C([2H])([2H])c1cc(OCC2CNC(=O)O2)cc(C([2H])([2H])[2H])c1.[2H]C1(COc2cc(C)cc(C)c2)CNC(=O)O1.[2H]c1c(C)c([2H])c(OC([2H])([2H])C2CNC(=O)O2)c([2H])c1C.[2H]c1c(C)c([2H])c(OCC2CNC(=O)O2)c([2H])c1C.[2H]c1c(OC([2H])([2H])C2CNC(=O)O2)c([2H])c(C([2H])([2H])[2H])c([2H])c1C([2H])([2H])[2H].[2H]c1c(OCC2CNC(=O)O2)c([2H])c(C([2H])([2H])[2H])c([2H])c1C([2H])([2H])[2H]. The van der Waals surface area contributed by atoms with Crippen LogP contribution in [0.25, 0.3) is 0 Å². The van der Waals surface area contributed by atoms with Crippen LogP contribution in [0.1, 0.15) is 151 Å². The van der Waals surface area contributed by atoms with Crippen LogP contribution in [0.15, 0.2) is 145 Å². The molecule has 8 aliphatic heterocycles. The molecule has 0 aliphatic carbocycles. The van der Waals surface area contributed by atoms with Crippen molar-refractivity contribution in [3.05, 3.63) is 234 Å². The molecule has 0 radical (unpaired) electrons. The standard InChI is InChI=1S/8C12H15NO3/c8*1-8-3-9(2)5-10(4-8)15-7-11-6-13-12(14)16-11/h8*3-5,11H,6-7H2,1-2H3,(H,13,14)/i1D3,2D3,3D,4D,5D,7D2;1D3,2D3,3D,4D,5D;3D,4D,5D,7D2;3D,4D,5D;1D3,2D3,7D2;1D3,2D3;11D;7D2. The zero-order valence-electron chi connectivity index (χ0n) is 115. The van der Waals surface area contributed by atoms with E-state index in [0.717, 1.165) is 46.5 Å². The molecule has 8 atom stereocenters. The van der Waals surface area contributed by atoms with E-state index in [-0.39, 0.29) is 154 Å². The van der Waals surface area contributed by atoms with Crippen molar-refractivity contribution in [2.45, 2.75) is 159 Å². The van der Waals surface area contributed by atoms with Crippen LogP contribution in [-0.2, 0) is 37.9 Å². The summed E-state index contributed by atoms with van der Waals surface area (Å²) in [5, 5.41) is 18.9. The number of hydrogen-bond acceptors (Lipinski definition) is 24. The number of nitrogens with one attached hydrogen (secondary N) is 8. The molecule has 8 aliphatic rings. The molecule has 8 heterocycles. The van der Waals surface area contributed by atoms with Crippen molar-refractivity contribution in [3.8, 4) is 46.0 Å². The second-order valence-corrected chi connectivity index (χ2v) is 27.7. The summed E-state index contributed by atoms with van der Waals surface area (Å²) in [6.07, 6.45) is -13.1. The molecule has 8 unspecified atom stereocenters. The van der Waals surface area contributed by atoms with Crippen LogP contribution < -0.4 is 80.4 Å². The summed E-state index contributed by atoms with van der Waals surface area (Å²) in [6, 6.07) is 12.6. The summed E-state index contributed by atoms with van der Waals surface area (Å²) in [5.74, 6) is -0.696. The largest absolute Gasteiger partial charge is 0.490 e. The monoisotopic (exact) mass is 1810 g/mol. The van der Waals surface area contributed by atoms with Crippen molar-refractivity contribution in [1.82, 2.24) is 42.5 Å². The van der Waals surface area contributed by atoms with Crippen molar-refractivity contribution in [2.75, 3.05) is 105 Å². The Bertz CT molecular complexity index is 7000. The molecule has 8 N–H and O–H groups in total. The average Bonchev–Trinajstić information content (AvgIpc) is 1.59. The summed E-state index contributed by atoms with van der Waals surface area (Å²) in [4.78, 5) is 87.6. The number of ether oxygens (including phenoxy) is 16. The number of aryl methyl sites for hydroxylation is 8. The van der Waals surface area contributed by atoms with Crippen LogP contribution in [0.2, 0.25) is 0 Å². The Labute approximate surface area is 810 Å². The molecule has 32 nitrogen and oxygen atoms in total. The van der Waals surface area contributed by atoms with Crippen LogP contribution in [0, 0.1) is 110 Å². The van der Waals surface area contributed by atoms with E-state index in [1.165, 1.54) is 26.0 Å². The normalized spacial score (nSPS) is 26.1. The van der Waals surface area contributed by atoms with Gasteiger partial charge in [0.2, 0.25) is 0 Å². The van der Waals surface area contributed by atoms with E-state index in [4.69, 9.17) is 133 Å². The van der Waals surface area contributed by atoms with Gasteiger partial charge in [-0.3, -0.25) is 0 Å². The lowest BCUT2D eigenvalue weighted by atomic mass is 10.1. The highest BCUT2D eigenvalue weighted by molar-refractivity contribution is 5.72. The fraction of sp³-hybridized carbons (Fsp3) is 0.417. The van der Waals surface area contributed by atoms with Crippen molar-refractivity contribution in [3.63, 3.8) is 0 Å². The van der Waals surface area contributed by atoms with Crippen molar-refractivity contribution in [2.24, 2.45) is 0 Å². The lowest BCUT2D eigenvalue weighted by molar-refractivity contribution is 0.104. The third-order valence-corrected chi connectivity index (χ3v) is 16.1. The summed E-state index contributed by atoms with van der Waals surface area (Å²) < 4.78 is 425. The van der Waals surface area contributed by atoms with Crippen molar-refractivity contribution in [1.29, 1.82) is 0 Å². The minimum Gasteiger partial charge on any atom is -0.490 e. The molecule has 688 valence electrons. The maximum Gasteiger partial charge on any atom is 0.407 e. The van der Waals surface area contributed by atoms with Gasteiger partial charge < -0.3 is 118 Å². The number of hydrogen-bond donors (Lipinski definition) is 8. The van der Waals surface area contributed by atoms with E-state index in [1.54, 1.807) is 26.0 Å². The predicted octanol–water partition coefficient (Wildman–Crippen LogP) is 14.3. The number of carbonyl (C=O) groups is 8. The summed E-state index contributed by atoms with van der Waals surface area (Å²) in [7, 11) is 0. The zero-order valence-corrected chi connectivity index (χ0v) is 69.8. The quantitative estimate of drug-likeness (QED) is 0.0260. The summed E-state index contributed by atoms with van der Waals surface area (Å²) >= 11 is 0. The van der Waals surface area contributed by atoms with Crippen LogP contribution >= 0.6 is 0 Å². The highest BCUT2D eigenvalue weighted by Crippen LogP contribution is 2.25. The third kappa shape index (κ3) is 36.9. The maximum absolute atomic E-state index is 11.1. The van der Waals surface area contributed by atoms with Gasteiger partial charge in [0.15, 0.2) is 48.8 Å². The fourth-order valence-electron chi connectivity index (χ4n) is 11.0. The second-order valence-electron chi connectivity index (χ2n) is 27.7. The molecule has 8 amide bonds. The molecular formula is C96H120N8O24. The molecule has 0 aromatic heterocycles. The Kier molecular flexibility index (Phi) is 20.2. The number of rotatable bonds is 24. The van der Waals surface area contributed by atoms with Gasteiger partial charge in [-0.2, -0.15) is 0 Å². The molecular weight excluding hydrogens is 1650 g/mol. The highest BCUT2D eigenvalue weighted by atomic mass is 16.6. The highest BCUT2D eigenvalue weighted by Gasteiger charge is 2.30. The summed E-state index contributed by atoms with van der Waals surface area (Å²) in [6.45, 7) is -17.3. The number of benzene rings is 8. The molecule has 8 aromatic carbocycles. The molecule has 0 saturated carbocycles. The average molecular weight is 1820 g/mol. The van der Waals surface area contributed by atoms with Gasteiger partial charge in [0.05, 0.1) is 81.1 Å². The first-order valence-electron chi connectivity index (χ1n) is 60.9. The van der Waals surface area contributed by atoms with Crippen LogP contribution in [0.3, 0.4) is 0 Å². The van der Waals surface area contributed by atoms with Gasteiger partial charge in [0.25, 0.3) is 0 Å². The van der Waals surface area contributed by atoms with E-state index >= 15 is 0 Å². The molecule has 8 aromatic rings. The molecule has 32 heteroatoms. The van der Waals surface area contributed by atoms with Gasteiger partial charge in [0, 0.05) is 32.9 Å². The van der Waals surface area contributed by atoms with Gasteiger partial charge in [-0.25, -0.2) is 38.4 Å². The van der Waals surface area contributed by atoms with Crippen molar-refractivity contribution < 1.29 is 176 Å². The Morgan fingerprint density at radius 3 is 0.688 bits per heavy atom. The lowest BCUT2D eigenvalue weighted by Gasteiger charge is -2.11. The van der Waals surface area contributed by atoms with Crippen LogP contribution in [0.5, 0.6) is 46.0 Å². The molecule has 16 rings (SSSR count). The van der Waals surface area contributed by atoms with Crippen molar-refractivity contribution >= 4 is 48.7 Å². The van der Waals surface area contributed by atoms with E-state index in [2.05, 4.69) is 47.3 Å². The number of alkyl carbamates (subject to hydrolysis) is 8. The number of cyclic esters (lactones) is 8. The maximum atomic E-state index is 11.1. The Balaban J connectivity index is 0.000000217. The molecule has 0 spiro atoms. The van der Waals surface area contributed by atoms with E-state index in [9.17, 15) is 38.4 Å². The number of amides is 8. The predicted molar refractivity (Wildman–Crippen MR) is 477 cm³/mol. The van der Waals surface area contributed by atoms with Gasteiger partial charge >= 0.3 is 48.7 Å². The van der Waals surface area contributed by atoms with Gasteiger partial charge in [0.1, 0.15) is 98.7 Å².